The Labute approximate surface area is 321 Å². The molecule has 0 amide bonds. The largest absolute Gasteiger partial charge is 0.254 e. The average Bonchev–Trinajstić information content (AvgIpc) is 3.80. The third-order valence-electron chi connectivity index (χ3n) is 11.6. The van der Waals surface area contributed by atoms with E-state index in [1.54, 1.807) is 0 Å². The van der Waals surface area contributed by atoms with E-state index in [2.05, 4.69) is 160 Å². The van der Waals surface area contributed by atoms with Gasteiger partial charge in [-0.3, -0.25) is 9.97 Å². The summed E-state index contributed by atoms with van der Waals surface area (Å²) in [6, 6.07) is 44.3. The van der Waals surface area contributed by atoms with Gasteiger partial charge in [-0.05, 0) is 76.9 Å². The molecule has 54 heavy (non-hydrogen) atoms. The van der Waals surface area contributed by atoms with Crippen LogP contribution in [-0.2, 0) is 0 Å². The van der Waals surface area contributed by atoms with E-state index >= 15 is 0 Å². The average molecular weight is 727 g/mol. The molecule has 1 unspecified atom stereocenters. The number of allylic oxidation sites excluding steroid dienone is 4. The molecule has 0 saturated heterocycles. The molecule has 1 aliphatic carbocycles. The number of rotatable bonds is 4. The van der Waals surface area contributed by atoms with Crippen molar-refractivity contribution in [2.75, 3.05) is 0 Å². The van der Waals surface area contributed by atoms with E-state index in [-0.39, 0.29) is 5.92 Å². The van der Waals surface area contributed by atoms with E-state index in [9.17, 15) is 0 Å². The molecule has 0 aliphatic heterocycles. The fraction of sp³-hybridized carbons (Fsp3) is 0.0800. The monoisotopic (exact) mass is 726 g/mol. The smallest absolute Gasteiger partial charge is 0.0967 e. The Morgan fingerprint density at radius 2 is 1.06 bits per heavy atom. The second-order valence-electron chi connectivity index (χ2n) is 14.5. The first-order valence-electron chi connectivity index (χ1n) is 18.6. The van der Waals surface area contributed by atoms with Gasteiger partial charge < -0.3 is 0 Å². The highest BCUT2D eigenvalue weighted by molar-refractivity contribution is 7.26. The number of nitrogens with zero attached hydrogens (tertiary/aromatic N) is 2. The van der Waals surface area contributed by atoms with Gasteiger partial charge in [0, 0.05) is 75.0 Å². The molecule has 256 valence electrons. The minimum absolute atomic E-state index is 0.286. The SMILES string of the molecule is Cc1c(-c2ccc(-c3cccc4c3sc3ccccc34)cc2)cnc2c1ccc1c(C)c(C3C=CC(c4cccc5c4sc4ccccc45)=CC3)cnc12. The van der Waals surface area contributed by atoms with Gasteiger partial charge in [0.25, 0.3) is 0 Å². The summed E-state index contributed by atoms with van der Waals surface area (Å²) in [6.45, 7) is 4.46. The van der Waals surface area contributed by atoms with E-state index in [4.69, 9.17) is 9.97 Å². The summed E-state index contributed by atoms with van der Waals surface area (Å²) in [5.41, 5.74) is 13.2. The third-order valence-corrected chi connectivity index (χ3v) is 14.0. The van der Waals surface area contributed by atoms with Crippen molar-refractivity contribution >= 4 is 90.4 Å². The lowest BCUT2D eigenvalue weighted by Gasteiger charge is -2.20. The third kappa shape index (κ3) is 4.84. The summed E-state index contributed by atoms with van der Waals surface area (Å²) in [7, 11) is 0. The van der Waals surface area contributed by atoms with Crippen LogP contribution in [0.1, 0.15) is 34.6 Å². The van der Waals surface area contributed by atoms with Crippen molar-refractivity contribution in [3.63, 3.8) is 0 Å². The van der Waals surface area contributed by atoms with Crippen LogP contribution in [0.5, 0.6) is 0 Å². The highest BCUT2D eigenvalue weighted by Crippen LogP contribution is 2.43. The number of hydrogen-bond acceptors (Lipinski definition) is 4. The van der Waals surface area contributed by atoms with Gasteiger partial charge >= 0.3 is 0 Å². The standard InChI is InChI=1S/C50H34N2S2/c1-29-35-25-26-36-30(2)44(34-23-19-32(20-24-34)38-12-8-14-42-40-10-4-6-16-46(40)54-50(38)42)28-52-48(36)47(35)51-27-43(29)33-21-17-31(18-22-33)37-11-7-13-41-39-9-3-5-15-45(39)53-49(37)41/h3-23,25-28,34H,24H2,1-2H3. The molecule has 6 aromatic carbocycles. The van der Waals surface area contributed by atoms with Crippen LogP contribution in [-0.4, -0.2) is 9.97 Å². The number of pyridine rings is 2. The van der Waals surface area contributed by atoms with Gasteiger partial charge in [-0.25, -0.2) is 0 Å². The number of benzene rings is 6. The van der Waals surface area contributed by atoms with Crippen LogP contribution in [0, 0.1) is 13.8 Å². The fourth-order valence-electron chi connectivity index (χ4n) is 8.70. The van der Waals surface area contributed by atoms with Gasteiger partial charge in [-0.1, -0.05) is 127 Å². The predicted octanol–water partition coefficient (Wildman–Crippen LogP) is 14.6. The van der Waals surface area contributed by atoms with Gasteiger partial charge in [0.05, 0.1) is 11.0 Å². The number of hydrogen-bond donors (Lipinski definition) is 0. The van der Waals surface area contributed by atoms with Crippen LogP contribution in [0.4, 0.5) is 0 Å². The van der Waals surface area contributed by atoms with Crippen LogP contribution in [0.3, 0.4) is 0 Å². The van der Waals surface area contributed by atoms with Crippen LogP contribution in [0.25, 0.3) is 90.0 Å². The minimum atomic E-state index is 0.286. The first-order valence-corrected chi connectivity index (χ1v) is 20.2. The van der Waals surface area contributed by atoms with Crippen molar-refractivity contribution in [1.29, 1.82) is 0 Å². The van der Waals surface area contributed by atoms with Gasteiger partial charge in [-0.15, -0.1) is 22.7 Å². The summed E-state index contributed by atoms with van der Waals surface area (Å²) >= 11 is 3.77. The molecule has 0 N–H and O–H groups in total. The van der Waals surface area contributed by atoms with E-state index in [1.807, 2.05) is 28.9 Å². The molecule has 10 aromatic rings. The highest BCUT2D eigenvalue weighted by atomic mass is 32.1. The Bertz CT molecular complexity index is 3210. The van der Waals surface area contributed by atoms with E-state index in [0.29, 0.717) is 0 Å². The van der Waals surface area contributed by atoms with E-state index in [1.165, 1.54) is 90.2 Å². The molecule has 1 atom stereocenters. The van der Waals surface area contributed by atoms with E-state index in [0.717, 1.165) is 28.4 Å². The van der Waals surface area contributed by atoms with Crippen LogP contribution >= 0.6 is 22.7 Å². The zero-order valence-corrected chi connectivity index (χ0v) is 31.6. The summed E-state index contributed by atoms with van der Waals surface area (Å²) in [5, 5.41) is 7.67. The molecular formula is C50H34N2S2. The molecule has 2 nitrogen and oxygen atoms in total. The van der Waals surface area contributed by atoms with E-state index < -0.39 is 0 Å². The van der Waals surface area contributed by atoms with Gasteiger partial charge in [-0.2, -0.15) is 0 Å². The molecule has 4 heteroatoms. The quantitative estimate of drug-likeness (QED) is 0.169. The second-order valence-corrected chi connectivity index (χ2v) is 16.6. The Hall–Kier alpha value is -5.94. The van der Waals surface area contributed by atoms with Crippen LogP contribution < -0.4 is 0 Å². The Kier molecular flexibility index (Phi) is 7.20. The van der Waals surface area contributed by atoms with Crippen molar-refractivity contribution in [3.8, 4) is 22.3 Å². The van der Waals surface area contributed by atoms with Crippen molar-refractivity contribution in [3.05, 3.63) is 174 Å². The zero-order chi connectivity index (χ0) is 35.9. The van der Waals surface area contributed by atoms with Crippen molar-refractivity contribution < 1.29 is 0 Å². The minimum Gasteiger partial charge on any atom is -0.254 e. The van der Waals surface area contributed by atoms with Crippen molar-refractivity contribution in [1.82, 2.24) is 9.97 Å². The second kappa shape index (κ2) is 12.3. The normalized spacial score (nSPS) is 14.6. The first kappa shape index (κ1) is 31.6. The summed E-state index contributed by atoms with van der Waals surface area (Å²) in [6.07, 6.45) is 12.2. The summed E-state index contributed by atoms with van der Waals surface area (Å²) in [4.78, 5) is 10.2. The summed E-state index contributed by atoms with van der Waals surface area (Å²) in [5.74, 6) is 0.286. The van der Waals surface area contributed by atoms with Gasteiger partial charge in [0.2, 0.25) is 0 Å². The Morgan fingerprint density at radius 1 is 0.500 bits per heavy atom. The number of aromatic nitrogens is 2. The van der Waals surface area contributed by atoms with Crippen LogP contribution in [0.2, 0.25) is 0 Å². The molecule has 1 aliphatic rings. The number of aryl methyl sites for hydroxylation is 2. The highest BCUT2D eigenvalue weighted by Gasteiger charge is 2.20. The van der Waals surface area contributed by atoms with Gasteiger partial charge in [0.1, 0.15) is 0 Å². The first-order chi connectivity index (χ1) is 26.6. The molecule has 11 rings (SSSR count). The molecule has 0 bridgehead atoms. The zero-order valence-electron chi connectivity index (χ0n) is 29.9. The van der Waals surface area contributed by atoms with Gasteiger partial charge in [0.15, 0.2) is 0 Å². The molecule has 0 saturated carbocycles. The predicted molar refractivity (Wildman–Crippen MR) is 234 cm³/mol. The molecule has 0 spiro atoms. The lowest BCUT2D eigenvalue weighted by molar-refractivity contribution is 0.844. The maximum absolute atomic E-state index is 5.10. The maximum atomic E-state index is 5.10. The topological polar surface area (TPSA) is 25.8 Å². The maximum Gasteiger partial charge on any atom is 0.0967 e. The lowest BCUT2D eigenvalue weighted by Crippen LogP contribution is -2.03. The van der Waals surface area contributed by atoms with Crippen molar-refractivity contribution in [2.45, 2.75) is 26.2 Å². The number of thiophene rings is 2. The number of fused-ring (bicyclic) bond motifs is 9. The lowest BCUT2D eigenvalue weighted by atomic mass is 9.85. The van der Waals surface area contributed by atoms with Crippen molar-refractivity contribution in [2.24, 2.45) is 0 Å². The Morgan fingerprint density at radius 3 is 1.70 bits per heavy atom. The molecule has 0 fully saturated rings. The fourth-order valence-corrected chi connectivity index (χ4v) is 11.2. The molecule has 4 aromatic heterocycles. The molecular weight excluding hydrogens is 693 g/mol. The molecule has 4 heterocycles. The Balaban J connectivity index is 0.896. The summed E-state index contributed by atoms with van der Waals surface area (Å²) < 4.78 is 5.38. The van der Waals surface area contributed by atoms with Crippen LogP contribution in [0.15, 0.2) is 152 Å². The molecule has 0 radical (unpaired) electrons.